The quantitative estimate of drug-likeness (QED) is 0.757. The molecule has 0 saturated carbocycles. The Hall–Kier alpha value is -2.92. The van der Waals surface area contributed by atoms with Crippen molar-refractivity contribution < 1.29 is 4.74 Å². The van der Waals surface area contributed by atoms with Gasteiger partial charge in [0.25, 0.3) is 5.56 Å². The number of nitrogens with one attached hydrogen (secondary N) is 1. The maximum Gasteiger partial charge on any atom is 0.278 e. The highest BCUT2D eigenvalue weighted by Gasteiger charge is 2.24. The van der Waals surface area contributed by atoms with Crippen LogP contribution in [0.25, 0.3) is 16.9 Å². The van der Waals surface area contributed by atoms with Gasteiger partial charge < -0.3 is 9.72 Å². The standard InChI is InChI=1S/C18H22N6O2/c1-11(2)14-15(13-8-20-23(9-13)18(3,4)10-26-5)22-16-12(6-19)7-21-24(16)17(14)25/h7-9,11,22H,10H2,1-5H3. The predicted octanol–water partition coefficient (Wildman–Crippen LogP) is 2.26. The van der Waals surface area contributed by atoms with Crippen LogP contribution in [-0.4, -0.2) is 38.1 Å². The van der Waals surface area contributed by atoms with Crippen molar-refractivity contribution in [2.24, 2.45) is 0 Å². The second-order valence-electron chi connectivity index (χ2n) is 7.22. The molecule has 3 rings (SSSR count). The van der Waals surface area contributed by atoms with Crippen molar-refractivity contribution in [2.45, 2.75) is 39.2 Å². The Kier molecular flexibility index (Phi) is 4.42. The van der Waals surface area contributed by atoms with E-state index in [1.807, 2.05) is 38.6 Å². The van der Waals surface area contributed by atoms with E-state index in [1.165, 1.54) is 10.7 Å². The summed E-state index contributed by atoms with van der Waals surface area (Å²) in [5, 5.41) is 17.8. The first kappa shape index (κ1) is 17.9. The van der Waals surface area contributed by atoms with Gasteiger partial charge in [0, 0.05) is 24.4 Å². The van der Waals surface area contributed by atoms with E-state index in [4.69, 9.17) is 4.74 Å². The van der Waals surface area contributed by atoms with E-state index < -0.39 is 0 Å². The largest absolute Gasteiger partial charge is 0.382 e. The molecule has 0 aliphatic heterocycles. The molecule has 0 spiro atoms. The molecule has 1 N–H and O–H groups in total. The van der Waals surface area contributed by atoms with Crippen LogP contribution in [0.1, 0.15) is 44.7 Å². The van der Waals surface area contributed by atoms with Crippen molar-refractivity contribution in [3.05, 3.63) is 40.1 Å². The summed E-state index contributed by atoms with van der Waals surface area (Å²) in [7, 11) is 1.65. The maximum atomic E-state index is 12.9. The van der Waals surface area contributed by atoms with E-state index in [-0.39, 0.29) is 17.0 Å². The van der Waals surface area contributed by atoms with Gasteiger partial charge in [-0.15, -0.1) is 0 Å². The van der Waals surface area contributed by atoms with E-state index in [9.17, 15) is 10.1 Å². The van der Waals surface area contributed by atoms with Gasteiger partial charge in [0.2, 0.25) is 0 Å². The fraction of sp³-hybridized carbons (Fsp3) is 0.444. The number of fused-ring (bicyclic) bond motifs is 1. The summed E-state index contributed by atoms with van der Waals surface area (Å²) < 4.78 is 8.33. The highest BCUT2D eigenvalue weighted by Crippen LogP contribution is 2.27. The first-order chi connectivity index (χ1) is 12.3. The van der Waals surface area contributed by atoms with Crippen molar-refractivity contribution in [3.63, 3.8) is 0 Å². The number of H-pyrrole nitrogens is 1. The van der Waals surface area contributed by atoms with Crippen LogP contribution >= 0.6 is 0 Å². The summed E-state index contributed by atoms with van der Waals surface area (Å²) in [6.07, 6.45) is 4.99. The molecule has 0 aliphatic rings. The Morgan fingerprint density at radius 3 is 2.69 bits per heavy atom. The number of nitrogens with zero attached hydrogens (tertiary/aromatic N) is 5. The van der Waals surface area contributed by atoms with Crippen molar-refractivity contribution in [2.75, 3.05) is 13.7 Å². The van der Waals surface area contributed by atoms with Crippen molar-refractivity contribution >= 4 is 5.65 Å². The number of methoxy groups -OCH3 is 1. The third kappa shape index (κ3) is 2.80. The maximum absolute atomic E-state index is 12.9. The van der Waals surface area contributed by atoms with Gasteiger partial charge in [-0.2, -0.15) is 20.0 Å². The lowest BCUT2D eigenvalue weighted by atomic mass is 10.00. The molecule has 8 nitrogen and oxygen atoms in total. The molecule has 3 heterocycles. The second kappa shape index (κ2) is 6.42. The molecule has 0 bridgehead atoms. The zero-order chi connectivity index (χ0) is 19.1. The fourth-order valence-electron chi connectivity index (χ4n) is 3.08. The normalized spacial score (nSPS) is 12.0. The van der Waals surface area contributed by atoms with Gasteiger partial charge in [-0.1, -0.05) is 13.8 Å². The molecule has 3 aromatic rings. The van der Waals surface area contributed by atoms with E-state index in [1.54, 1.807) is 13.3 Å². The molecule has 0 fully saturated rings. The van der Waals surface area contributed by atoms with Gasteiger partial charge in [-0.05, 0) is 19.8 Å². The molecule has 0 aliphatic carbocycles. The molecule has 0 atom stereocenters. The van der Waals surface area contributed by atoms with Crippen molar-refractivity contribution in [3.8, 4) is 17.3 Å². The summed E-state index contributed by atoms with van der Waals surface area (Å²) in [6.45, 7) is 8.45. The SMILES string of the molecule is COCC(C)(C)n1cc(-c2[nH]c3c(C#N)cnn3c(=O)c2C(C)C)cn1. The minimum Gasteiger partial charge on any atom is -0.382 e. The summed E-state index contributed by atoms with van der Waals surface area (Å²) in [4.78, 5) is 16.1. The number of aromatic nitrogens is 5. The van der Waals surface area contributed by atoms with Gasteiger partial charge >= 0.3 is 0 Å². The zero-order valence-corrected chi connectivity index (χ0v) is 15.6. The number of nitriles is 1. The molecule has 0 unspecified atom stereocenters. The molecular weight excluding hydrogens is 332 g/mol. The molecule has 0 radical (unpaired) electrons. The van der Waals surface area contributed by atoms with Crippen LogP contribution in [0, 0.1) is 11.3 Å². The van der Waals surface area contributed by atoms with Gasteiger partial charge in [0.05, 0.1) is 30.2 Å². The summed E-state index contributed by atoms with van der Waals surface area (Å²) >= 11 is 0. The Bertz CT molecular complexity index is 1050. The monoisotopic (exact) mass is 354 g/mol. The first-order valence-corrected chi connectivity index (χ1v) is 8.38. The first-order valence-electron chi connectivity index (χ1n) is 8.38. The highest BCUT2D eigenvalue weighted by atomic mass is 16.5. The van der Waals surface area contributed by atoms with E-state index in [0.29, 0.717) is 29.1 Å². The average molecular weight is 354 g/mol. The third-order valence-corrected chi connectivity index (χ3v) is 4.39. The topological polar surface area (TPSA) is 101 Å². The van der Waals surface area contributed by atoms with Crippen LogP contribution in [0.3, 0.4) is 0 Å². The van der Waals surface area contributed by atoms with Crippen LogP contribution in [-0.2, 0) is 10.3 Å². The number of ether oxygens (including phenoxy) is 1. The smallest absolute Gasteiger partial charge is 0.278 e. The Balaban J connectivity index is 2.25. The summed E-state index contributed by atoms with van der Waals surface area (Å²) in [6, 6.07) is 2.06. The molecule has 26 heavy (non-hydrogen) atoms. The molecule has 136 valence electrons. The molecule has 3 aromatic heterocycles. The van der Waals surface area contributed by atoms with Gasteiger partial charge in [-0.25, -0.2) is 0 Å². The van der Waals surface area contributed by atoms with Crippen molar-refractivity contribution in [1.29, 1.82) is 5.26 Å². The fourth-order valence-corrected chi connectivity index (χ4v) is 3.08. The van der Waals surface area contributed by atoms with Gasteiger partial charge in [0.15, 0.2) is 5.65 Å². The lowest BCUT2D eigenvalue weighted by Gasteiger charge is -2.24. The van der Waals surface area contributed by atoms with Crippen LogP contribution in [0.15, 0.2) is 23.4 Å². The van der Waals surface area contributed by atoms with E-state index in [0.717, 1.165) is 5.56 Å². The second-order valence-corrected chi connectivity index (χ2v) is 7.22. The Morgan fingerprint density at radius 1 is 1.35 bits per heavy atom. The lowest BCUT2D eigenvalue weighted by Crippen LogP contribution is -2.31. The van der Waals surface area contributed by atoms with Crippen LogP contribution < -0.4 is 5.56 Å². The number of aromatic amines is 1. The minimum absolute atomic E-state index is 0.0248. The molecule has 0 amide bonds. The van der Waals surface area contributed by atoms with Gasteiger partial charge in [-0.3, -0.25) is 9.48 Å². The molecule has 0 aromatic carbocycles. The van der Waals surface area contributed by atoms with Crippen molar-refractivity contribution in [1.82, 2.24) is 24.4 Å². The molecular formula is C18H22N6O2. The average Bonchev–Trinajstić information content (AvgIpc) is 3.21. The van der Waals surface area contributed by atoms with Crippen LogP contribution in [0.2, 0.25) is 0 Å². The zero-order valence-electron chi connectivity index (χ0n) is 15.6. The number of hydrogen-bond donors (Lipinski definition) is 1. The number of rotatable bonds is 5. The minimum atomic E-state index is -0.330. The molecule has 0 saturated heterocycles. The van der Waals surface area contributed by atoms with Gasteiger partial charge in [0.1, 0.15) is 11.6 Å². The Morgan fingerprint density at radius 2 is 2.08 bits per heavy atom. The van der Waals surface area contributed by atoms with E-state index in [2.05, 4.69) is 21.3 Å². The lowest BCUT2D eigenvalue weighted by molar-refractivity contribution is 0.101. The van der Waals surface area contributed by atoms with E-state index >= 15 is 0 Å². The predicted molar refractivity (Wildman–Crippen MR) is 97.0 cm³/mol. The molecule has 8 heteroatoms. The highest BCUT2D eigenvalue weighted by molar-refractivity contribution is 5.67. The summed E-state index contributed by atoms with van der Waals surface area (Å²) in [5.74, 6) is -0.0248. The Labute approximate surface area is 151 Å². The number of hydrogen-bond acceptors (Lipinski definition) is 5. The van der Waals surface area contributed by atoms with Crippen LogP contribution in [0.5, 0.6) is 0 Å². The summed E-state index contributed by atoms with van der Waals surface area (Å²) in [5.41, 5.74) is 2.20. The third-order valence-electron chi connectivity index (χ3n) is 4.39. The van der Waals surface area contributed by atoms with Crippen LogP contribution in [0.4, 0.5) is 0 Å².